The van der Waals surface area contributed by atoms with E-state index in [4.69, 9.17) is 37.9 Å². The van der Waals surface area contributed by atoms with Crippen LogP contribution in [0.1, 0.15) is 84.0 Å². The van der Waals surface area contributed by atoms with Gasteiger partial charge in [0.1, 0.15) is 11.6 Å². The van der Waals surface area contributed by atoms with E-state index in [1.807, 2.05) is 65.4 Å². The summed E-state index contributed by atoms with van der Waals surface area (Å²) in [7, 11) is 2.09. The number of allylic oxidation sites excluding steroid dienone is 3. The van der Waals surface area contributed by atoms with Crippen molar-refractivity contribution < 1.29 is 14.3 Å². The number of urea groups is 1. The van der Waals surface area contributed by atoms with Crippen LogP contribution in [0.15, 0.2) is 64.8 Å². The van der Waals surface area contributed by atoms with Crippen LogP contribution in [-0.2, 0) is 16.8 Å². The van der Waals surface area contributed by atoms with Crippen LogP contribution >= 0.6 is 23.2 Å². The van der Waals surface area contributed by atoms with Gasteiger partial charge in [0.05, 0.1) is 24.3 Å². The molecule has 1 aromatic carbocycles. The third kappa shape index (κ3) is 10.2. The fourth-order valence-corrected chi connectivity index (χ4v) is 7.25. The largest absolute Gasteiger partial charge is 0.493 e. The summed E-state index contributed by atoms with van der Waals surface area (Å²) in [6, 6.07) is 9.43. The third-order valence-electron chi connectivity index (χ3n) is 10.5. The number of carbonyl (C=O) groups excluding carboxylic acids is 2. The lowest BCUT2D eigenvalue weighted by Gasteiger charge is -2.38. The van der Waals surface area contributed by atoms with E-state index in [1.165, 1.54) is 0 Å². The standard InChI is InChI=1S/C41H56Cl2N6O3/c1-8-52-35-26-36(40(2,3)4)44-27-34(35)38(45-41(5,6)31-11-15-33(43)16-12-31)49(28-30-9-13-32(42)14-10-30)39(51)48-19-17-29(18-20-48)25-37(50)47-23-21-46(7)22-24-47/h9-11,13-16,26-27,29,31H,8,12,17-25,28H2,1-7H3. The first kappa shape index (κ1) is 39.8. The van der Waals surface area contributed by atoms with E-state index in [2.05, 4.69) is 52.6 Å². The molecule has 2 saturated heterocycles. The fraction of sp³-hybridized carbons (Fsp3) is 0.561. The van der Waals surface area contributed by atoms with Crippen LogP contribution in [0.4, 0.5) is 4.79 Å². The molecule has 0 saturated carbocycles. The van der Waals surface area contributed by atoms with E-state index >= 15 is 0 Å². The summed E-state index contributed by atoms with van der Waals surface area (Å²) in [5.74, 6) is 1.64. The Bertz CT molecular complexity index is 1650. The summed E-state index contributed by atoms with van der Waals surface area (Å²) >= 11 is 12.6. The van der Waals surface area contributed by atoms with E-state index < -0.39 is 5.54 Å². The maximum absolute atomic E-state index is 15.0. The number of nitrogens with zero attached hydrogens (tertiary/aromatic N) is 6. The molecule has 1 atom stereocenters. The van der Waals surface area contributed by atoms with Gasteiger partial charge in [-0.1, -0.05) is 68.3 Å². The molecular formula is C41H56Cl2N6O3. The van der Waals surface area contributed by atoms with Crippen molar-refractivity contribution >= 4 is 41.0 Å². The number of hydrogen-bond donors (Lipinski definition) is 0. The molecule has 11 heteroatoms. The van der Waals surface area contributed by atoms with Crippen LogP contribution in [0.2, 0.25) is 5.02 Å². The quantitative estimate of drug-likeness (QED) is 0.191. The second-order valence-electron chi connectivity index (χ2n) is 15.9. The number of amides is 3. The lowest BCUT2D eigenvalue weighted by molar-refractivity contribution is -0.134. The van der Waals surface area contributed by atoms with Crippen molar-refractivity contribution in [2.24, 2.45) is 16.8 Å². The number of carbonyl (C=O) groups is 2. The highest BCUT2D eigenvalue weighted by molar-refractivity contribution is 6.31. The molecule has 9 nitrogen and oxygen atoms in total. The minimum atomic E-state index is -0.624. The van der Waals surface area contributed by atoms with Crippen LogP contribution < -0.4 is 4.74 Å². The highest BCUT2D eigenvalue weighted by Gasteiger charge is 2.36. The predicted octanol–water partition coefficient (Wildman–Crippen LogP) is 8.15. The molecule has 1 unspecified atom stereocenters. The highest BCUT2D eigenvalue weighted by atomic mass is 35.5. The first-order valence-corrected chi connectivity index (χ1v) is 19.4. The minimum Gasteiger partial charge on any atom is -0.493 e. The Morgan fingerprint density at radius 2 is 1.65 bits per heavy atom. The molecule has 0 bridgehead atoms. The van der Waals surface area contributed by atoms with E-state index in [1.54, 1.807) is 4.90 Å². The summed E-state index contributed by atoms with van der Waals surface area (Å²) in [5, 5.41) is 1.34. The number of likely N-dealkylation sites (N-methyl/N-ethyl adjacent to an activating group) is 1. The number of hydrogen-bond acceptors (Lipinski definition) is 6. The zero-order valence-corrected chi connectivity index (χ0v) is 33.5. The first-order valence-electron chi connectivity index (χ1n) is 18.7. The molecule has 3 heterocycles. The van der Waals surface area contributed by atoms with Crippen LogP contribution in [0.5, 0.6) is 5.75 Å². The molecule has 52 heavy (non-hydrogen) atoms. The molecular weight excluding hydrogens is 695 g/mol. The number of ether oxygens (including phenoxy) is 1. The molecule has 5 rings (SSSR count). The zero-order valence-electron chi connectivity index (χ0n) is 32.0. The van der Waals surface area contributed by atoms with E-state index in [9.17, 15) is 9.59 Å². The lowest BCUT2D eigenvalue weighted by atomic mass is 9.83. The molecule has 2 aromatic rings. The average molecular weight is 752 g/mol. The Balaban J connectivity index is 1.51. The van der Waals surface area contributed by atoms with E-state index in [0.717, 1.165) is 56.7 Å². The van der Waals surface area contributed by atoms with E-state index in [0.29, 0.717) is 53.3 Å². The Hall–Kier alpha value is -3.40. The number of pyridine rings is 1. The average Bonchev–Trinajstić information content (AvgIpc) is 3.11. The van der Waals surface area contributed by atoms with Crippen LogP contribution in [-0.4, -0.2) is 101 Å². The van der Waals surface area contributed by atoms with Crippen molar-refractivity contribution in [2.75, 3.05) is 52.9 Å². The first-order chi connectivity index (χ1) is 24.6. The molecule has 0 spiro atoms. The van der Waals surface area contributed by atoms with Crippen molar-refractivity contribution in [3.8, 4) is 5.75 Å². The Morgan fingerprint density at radius 1 is 0.981 bits per heavy atom. The van der Waals surface area contributed by atoms with Crippen molar-refractivity contribution in [2.45, 2.75) is 84.7 Å². The number of likely N-dealkylation sites (tertiary alicyclic amines) is 1. The fourth-order valence-electron chi connectivity index (χ4n) is 6.97. The van der Waals surface area contributed by atoms with Crippen LogP contribution in [0, 0.1) is 11.8 Å². The zero-order chi connectivity index (χ0) is 37.6. The van der Waals surface area contributed by atoms with Gasteiger partial charge in [0.25, 0.3) is 0 Å². The second kappa shape index (κ2) is 17.2. The molecule has 0 radical (unpaired) electrons. The van der Waals surface area contributed by atoms with Gasteiger partial charge in [0.15, 0.2) is 0 Å². The third-order valence-corrected chi connectivity index (χ3v) is 11.0. The van der Waals surface area contributed by atoms with Gasteiger partial charge in [0.2, 0.25) is 5.91 Å². The number of piperidine rings is 1. The summed E-state index contributed by atoms with van der Waals surface area (Å²) < 4.78 is 6.31. The number of amidine groups is 1. The van der Waals surface area contributed by atoms with Gasteiger partial charge in [-0.2, -0.15) is 0 Å². The highest BCUT2D eigenvalue weighted by Crippen LogP contribution is 2.35. The molecule has 3 amide bonds. The lowest BCUT2D eigenvalue weighted by Crippen LogP contribution is -2.50. The molecule has 1 aromatic heterocycles. The number of aromatic nitrogens is 1. The molecule has 0 N–H and O–H groups in total. The summed E-state index contributed by atoms with van der Waals surface area (Å²) in [4.78, 5) is 46.5. The van der Waals surface area contributed by atoms with Gasteiger partial charge in [-0.05, 0) is 76.8 Å². The van der Waals surface area contributed by atoms with Crippen molar-refractivity contribution in [3.05, 3.63) is 81.6 Å². The van der Waals surface area contributed by atoms with Gasteiger partial charge in [-0.25, -0.2) is 4.79 Å². The van der Waals surface area contributed by atoms with Gasteiger partial charge < -0.3 is 19.4 Å². The second-order valence-corrected chi connectivity index (χ2v) is 16.8. The summed E-state index contributed by atoms with van der Waals surface area (Å²) in [6.45, 7) is 17.7. The molecule has 1 aliphatic carbocycles. The topological polar surface area (TPSA) is 81.6 Å². The van der Waals surface area contributed by atoms with Gasteiger partial charge in [-0.15, -0.1) is 0 Å². The van der Waals surface area contributed by atoms with Gasteiger partial charge in [0, 0.05) is 85.0 Å². The summed E-state index contributed by atoms with van der Waals surface area (Å²) in [5.41, 5.74) is 1.62. The maximum atomic E-state index is 15.0. The SMILES string of the molecule is CCOc1cc(C(C)(C)C)ncc1C(=NC(C)(C)C1C=CC(Cl)=CC1)N(Cc1ccc(Cl)cc1)C(=O)N1CCC(CC(=O)N2CCN(C)CC2)CC1. The smallest absolute Gasteiger partial charge is 0.325 e. The Morgan fingerprint density at radius 3 is 2.25 bits per heavy atom. The Labute approximate surface area is 320 Å². The molecule has 282 valence electrons. The van der Waals surface area contributed by atoms with Crippen LogP contribution in [0.25, 0.3) is 0 Å². The maximum Gasteiger partial charge on any atom is 0.325 e. The summed E-state index contributed by atoms with van der Waals surface area (Å²) in [6.07, 6.45) is 10.6. The van der Waals surface area contributed by atoms with Crippen molar-refractivity contribution in [1.29, 1.82) is 0 Å². The van der Waals surface area contributed by atoms with Crippen molar-refractivity contribution in [1.82, 2.24) is 24.6 Å². The molecule has 2 aliphatic heterocycles. The van der Waals surface area contributed by atoms with E-state index in [-0.39, 0.29) is 35.7 Å². The predicted molar refractivity (Wildman–Crippen MR) is 211 cm³/mol. The van der Waals surface area contributed by atoms with Crippen LogP contribution in [0.3, 0.4) is 0 Å². The van der Waals surface area contributed by atoms with Crippen molar-refractivity contribution in [3.63, 3.8) is 0 Å². The molecule has 3 aliphatic rings. The van der Waals surface area contributed by atoms with Gasteiger partial charge in [-0.3, -0.25) is 19.7 Å². The molecule has 2 fully saturated rings. The monoisotopic (exact) mass is 750 g/mol. The number of piperazine rings is 1. The number of benzene rings is 1. The number of halogens is 2. The normalized spacial score (nSPS) is 19.4. The number of rotatable bonds is 9. The van der Waals surface area contributed by atoms with Gasteiger partial charge >= 0.3 is 6.03 Å². The Kier molecular flexibility index (Phi) is 13.1. The minimum absolute atomic E-state index is 0.0448. The number of aliphatic imine (C=N–C) groups is 1.